The SMILES string of the molecule is CC(C)n1cc(CNCc2ccnn2CCF)cn1. The summed E-state index contributed by atoms with van der Waals surface area (Å²) in [6, 6.07) is 2.28. The number of hydrogen-bond donors (Lipinski definition) is 1. The highest BCUT2D eigenvalue weighted by Gasteiger charge is 2.04. The summed E-state index contributed by atoms with van der Waals surface area (Å²) < 4.78 is 15.9. The normalized spacial score (nSPS) is 11.4. The lowest BCUT2D eigenvalue weighted by Gasteiger charge is -2.06. The monoisotopic (exact) mass is 265 g/mol. The van der Waals surface area contributed by atoms with Gasteiger partial charge in [0.1, 0.15) is 6.67 Å². The molecule has 5 nitrogen and oxygen atoms in total. The van der Waals surface area contributed by atoms with Crippen LogP contribution in [0.2, 0.25) is 0 Å². The van der Waals surface area contributed by atoms with E-state index in [0.29, 0.717) is 19.1 Å². The van der Waals surface area contributed by atoms with Gasteiger partial charge in [0, 0.05) is 37.1 Å². The van der Waals surface area contributed by atoms with Crippen LogP contribution in [0.4, 0.5) is 4.39 Å². The molecule has 0 aliphatic carbocycles. The standard InChI is InChI=1S/C13H20FN5/c1-11(2)19-10-12(8-17-19)7-15-9-13-3-5-16-18(13)6-4-14/h3,5,8,10-11,15H,4,6-7,9H2,1-2H3. The summed E-state index contributed by atoms with van der Waals surface area (Å²) in [7, 11) is 0. The Morgan fingerprint density at radius 2 is 2.16 bits per heavy atom. The largest absolute Gasteiger partial charge is 0.307 e. The fraction of sp³-hybridized carbons (Fsp3) is 0.538. The van der Waals surface area contributed by atoms with Gasteiger partial charge in [-0.05, 0) is 19.9 Å². The lowest BCUT2D eigenvalue weighted by molar-refractivity contribution is 0.417. The minimum absolute atomic E-state index is 0.315. The molecule has 0 unspecified atom stereocenters. The van der Waals surface area contributed by atoms with E-state index in [1.54, 1.807) is 10.9 Å². The predicted octanol–water partition coefficient (Wildman–Crippen LogP) is 1.92. The minimum atomic E-state index is -0.393. The van der Waals surface area contributed by atoms with Crippen LogP contribution in [0.1, 0.15) is 31.1 Å². The molecular weight excluding hydrogens is 245 g/mol. The molecule has 2 heterocycles. The highest BCUT2D eigenvalue weighted by Crippen LogP contribution is 2.05. The van der Waals surface area contributed by atoms with Crippen LogP contribution in [0.15, 0.2) is 24.7 Å². The molecule has 0 saturated carbocycles. The van der Waals surface area contributed by atoms with Gasteiger partial charge >= 0.3 is 0 Å². The van der Waals surface area contributed by atoms with E-state index in [0.717, 1.165) is 17.8 Å². The lowest BCUT2D eigenvalue weighted by atomic mass is 10.3. The fourth-order valence-corrected chi connectivity index (χ4v) is 1.88. The summed E-state index contributed by atoms with van der Waals surface area (Å²) in [6.07, 6.45) is 5.60. The van der Waals surface area contributed by atoms with E-state index in [2.05, 4.69) is 29.4 Å². The Morgan fingerprint density at radius 3 is 2.84 bits per heavy atom. The van der Waals surface area contributed by atoms with Crippen LogP contribution >= 0.6 is 0 Å². The van der Waals surface area contributed by atoms with Crippen molar-refractivity contribution in [1.29, 1.82) is 0 Å². The quantitative estimate of drug-likeness (QED) is 0.832. The summed E-state index contributed by atoms with van der Waals surface area (Å²) in [6.45, 7) is 5.53. The van der Waals surface area contributed by atoms with Gasteiger partial charge in [-0.2, -0.15) is 10.2 Å². The molecule has 0 aromatic carbocycles. The summed E-state index contributed by atoms with van der Waals surface area (Å²) in [5.41, 5.74) is 2.14. The fourth-order valence-electron chi connectivity index (χ4n) is 1.88. The summed E-state index contributed by atoms with van der Waals surface area (Å²) in [5, 5.41) is 11.7. The number of nitrogens with one attached hydrogen (secondary N) is 1. The smallest absolute Gasteiger partial charge is 0.109 e. The van der Waals surface area contributed by atoms with Crippen LogP contribution in [0.3, 0.4) is 0 Å². The van der Waals surface area contributed by atoms with Gasteiger partial charge in [0.05, 0.1) is 18.4 Å². The Kier molecular flexibility index (Phi) is 4.68. The third kappa shape index (κ3) is 3.64. The number of aryl methyl sites for hydroxylation is 1. The molecule has 0 aliphatic rings. The van der Waals surface area contributed by atoms with Gasteiger partial charge in [-0.25, -0.2) is 4.39 Å². The zero-order valence-electron chi connectivity index (χ0n) is 11.4. The highest BCUT2D eigenvalue weighted by molar-refractivity contribution is 5.05. The van der Waals surface area contributed by atoms with Gasteiger partial charge < -0.3 is 5.32 Å². The topological polar surface area (TPSA) is 47.7 Å². The Morgan fingerprint density at radius 1 is 1.32 bits per heavy atom. The molecule has 0 fully saturated rings. The zero-order chi connectivity index (χ0) is 13.7. The van der Waals surface area contributed by atoms with Gasteiger partial charge in [-0.15, -0.1) is 0 Å². The summed E-state index contributed by atoms with van der Waals surface area (Å²) in [5.74, 6) is 0. The molecule has 0 spiro atoms. The zero-order valence-corrected chi connectivity index (χ0v) is 11.4. The van der Waals surface area contributed by atoms with Crippen molar-refractivity contribution in [2.24, 2.45) is 0 Å². The van der Waals surface area contributed by atoms with Crippen LogP contribution in [-0.2, 0) is 19.6 Å². The van der Waals surface area contributed by atoms with Gasteiger partial charge in [0.2, 0.25) is 0 Å². The molecule has 2 aromatic rings. The second kappa shape index (κ2) is 6.47. The second-order valence-corrected chi connectivity index (χ2v) is 4.76. The van der Waals surface area contributed by atoms with Crippen molar-refractivity contribution in [1.82, 2.24) is 24.9 Å². The van der Waals surface area contributed by atoms with E-state index in [4.69, 9.17) is 0 Å². The first-order valence-corrected chi connectivity index (χ1v) is 6.51. The molecule has 0 bridgehead atoms. The minimum Gasteiger partial charge on any atom is -0.307 e. The molecule has 19 heavy (non-hydrogen) atoms. The van der Waals surface area contributed by atoms with Crippen LogP contribution in [-0.4, -0.2) is 26.2 Å². The average molecular weight is 265 g/mol. The van der Waals surface area contributed by atoms with Crippen LogP contribution in [0.5, 0.6) is 0 Å². The molecule has 0 radical (unpaired) electrons. The molecular formula is C13H20FN5. The van der Waals surface area contributed by atoms with Gasteiger partial charge in [0.25, 0.3) is 0 Å². The third-order valence-electron chi connectivity index (χ3n) is 2.92. The van der Waals surface area contributed by atoms with Crippen LogP contribution in [0, 0.1) is 0 Å². The Bertz CT molecular complexity index is 503. The van der Waals surface area contributed by atoms with Crippen molar-refractivity contribution in [3.8, 4) is 0 Å². The Balaban J connectivity index is 1.83. The molecule has 0 aliphatic heterocycles. The number of hydrogen-bond acceptors (Lipinski definition) is 3. The summed E-state index contributed by atoms with van der Waals surface area (Å²) in [4.78, 5) is 0. The summed E-state index contributed by atoms with van der Waals surface area (Å²) >= 11 is 0. The van der Waals surface area contributed by atoms with E-state index in [9.17, 15) is 4.39 Å². The average Bonchev–Trinajstić information content (AvgIpc) is 3.00. The van der Waals surface area contributed by atoms with E-state index in [-0.39, 0.29) is 0 Å². The van der Waals surface area contributed by atoms with Crippen LogP contribution in [0.25, 0.3) is 0 Å². The molecule has 0 saturated heterocycles. The van der Waals surface area contributed by atoms with Crippen LogP contribution < -0.4 is 5.32 Å². The third-order valence-corrected chi connectivity index (χ3v) is 2.92. The first-order valence-electron chi connectivity index (χ1n) is 6.51. The van der Waals surface area contributed by atoms with Crippen molar-refractivity contribution in [3.05, 3.63) is 35.9 Å². The number of nitrogens with zero attached hydrogens (tertiary/aromatic N) is 4. The Labute approximate surface area is 112 Å². The van der Waals surface area contributed by atoms with Crippen molar-refractivity contribution in [3.63, 3.8) is 0 Å². The maximum Gasteiger partial charge on any atom is 0.109 e. The maximum atomic E-state index is 12.3. The molecule has 0 amide bonds. The first kappa shape index (κ1) is 13.7. The van der Waals surface area contributed by atoms with Gasteiger partial charge in [-0.3, -0.25) is 9.36 Å². The second-order valence-electron chi connectivity index (χ2n) is 4.76. The predicted molar refractivity (Wildman–Crippen MR) is 71.4 cm³/mol. The number of rotatable bonds is 7. The molecule has 2 aromatic heterocycles. The van der Waals surface area contributed by atoms with E-state index < -0.39 is 6.67 Å². The lowest BCUT2D eigenvalue weighted by Crippen LogP contribution is -2.16. The van der Waals surface area contributed by atoms with E-state index >= 15 is 0 Å². The molecule has 2 rings (SSSR count). The first-order chi connectivity index (χ1) is 9.20. The molecule has 0 atom stereocenters. The van der Waals surface area contributed by atoms with Crippen molar-refractivity contribution < 1.29 is 4.39 Å². The van der Waals surface area contributed by atoms with Crippen molar-refractivity contribution in [2.75, 3.05) is 6.67 Å². The number of halogens is 1. The van der Waals surface area contributed by atoms with Gasteiger partial charge in [0.15, 0.2) is 0 Å². The number of aromatic nitrogens is 4. The van der Waals surface area contributed by atoms with E-state index in [1.165, 1.54) is 0 Å². The van der Waals surface area contributed by atoms with E-state index in [1.807, 2.05) is 23.1 Å². The molecule has 104 valence electrons. The number of alkyl halides is 1. The Hall–Kier alpha value is -1.69. The van der Waals surface area contributed by atoms with Crippen molar-refractivity contribution >= 4 is 0 Å². The molecule has 6 heteroatoms. The van der Waals surface area contributed by atoms with Crippen molar-refractivity contribution in [2.45, 2.75) is 39.5 Å². The highest BCUT2D eigenvalue weighted by atomic mass is 19.1. The van der Waals surface area contributed by atoms with Gasteiger partial charge in [-0.1, -0.05) is 0 Å². The maximum absolute atomic E-state index is 12.3. The molecule has 1 N–H and O–H groups in total.